The number of thioether (sulfide) groups is 2. The molecule has 16 heavy (non-hydrogen) atoms. The molecule has 3 heteroatoms. The van der Waals surface area contributed by atoms with Crippen LogP contribution in [0.15, 0.2) is 0 Å². The maximum Gasteiger partial charge on any atom is 0.0263 e. The summed E-state index contributed by atoms with van der Waals surface area (Å²) in [6.45, 7) is 4.93. The van der Waals surface area contributed by atoms with Crippen LogP contribution in [-0.4, -0.2) is 35.6 Å². The fraction of sp³-hybridized carbons (Fsp3) is 1.00. The molecule has 1 nitrogen and oxygen atoms in total. The summed E-state index contributed by atoms with van der Waals surface area (Å²) in [6, 6.07) is 0. The standard InChI is InChI=1S/C13H25NS2/c1-11-3-2-4-12(7-11)8-14-9-13-10-15-5-6-16-13/h11-14H,2-10H2,1H3. The van der Waals surface area contributed by atoms with E-state index in [-0.39, 0.29) is 0 Å². The molecular weight excluding hydrogens is 234 g/mol. The van der Waals surface area contributed by atoms with Gasteiger partial charge in [-0.3, -0.25) is 0 Å². The van der Waals surface area contributed by atoms with Crippen LogP contribution in [0.3, 0.4) is 0 Å². The average molecular weight is 259 g/mol. The fourth-order valence-electron chi connectivity index (χ4n) is 2.85. The van der Waals surface area contributed by atoms with Crippen molar-refractivity contribution in [3.05, 3.63) is 0 Å². The maximum atomic E-state index is 3.71. The lowest BCUT2D eigenvalue weighted by atomic mass is 9.82. The Kier molecular flexibility index (Phi) is 5.87. The van der Waals surface area contributed by atoms with Crippen molar-refractivity contribution in [2.24, 2.45) is 11.8 Å². The highest BCUT2D eigenvalue weighted by atomic mass is 32.2. The largest absolute Gasteiger partial charge is 0.315 e. The Hall–Kier alpha value is 0.660. The predicted molar refractivity (Wildman–Crippen MR) is 77.6 cm³/mol. The molecule has 1 N–H and O–H groups in total. The smallest absolute Gasteiger partial charge is 0.0263 e. The van der Waals surface area contributed by atoms with E-state index in [0.717, 1.165) is 17.1 Å². The van der Waals surface area contributed by atoms with E-state index in [0.29, 0.717) is 0 Å². The van der Waals surface area contributed by atoms with Crippen LogP contribution in [0.1, 0.15) is 32.6 Å². The van der Waals surface area contributed by atoms with Crippen molar-refractivity contribution in [2.45, 2.75) is 37.9 Å². The molecule has 1 heterocycles. The minimum atomic E-state index is 0.875. The van der Waals surface area contributed by atoms with Crippen LogP contribution in [0, 0.1) is 11.8 Å². The SMILES string of the molecule is CC1CCCC(CNCC2CSCCS2)C1. The molecule has 3 atom stereocenters. The Morgan fingerprint density at radius 2 is 2.12 bits per heavy atom. The molecule has 2 aliphatic rings. The number of rotatable bonds is 4. The summed E-state index contributed by atoms with van der Waals surface area (Å²) < 4.78 is 0. The van der Waals surface area contributed by atoms with Gasteiger partial charge in [-0.1, -0.05) is 19.8 Å². The molecule has 0 spiro atoms. The summed E-state index contributed by atoms with van der Waals surface area (Å²) in [7, 11) is 0. The van der Waals surface area contributed by atoms with E-state index in [1.165, 1.54) is 56.0 Å². The molecule has 2 rings (SSSR count). The van der Waals surface area contributed by atoms with Crippen molar-refractivity contribution in [2.75, 3.05) is 30.3 Å². The van der Waals surface area contributed by atoms with Gasteiger partial charge in [0.05, 0.1) is 0 Å². The molecule has 1 saturated heterocycles. The molecule has 0 radical (unpaired) electrons. The van der Waals surface area contributed by atoms with Gasteiger partial charge in [0.2, 0.25) is 0 Å². The van der Waals surface area contributed by atoms with Crippen molar-refractivity contribution in [1.82, 2.24) is 5.32 Å². The van der Waals surface area contributed by atoms with E-state index >= 15 is 0 Å². The first kappa shape index (κ1) is 13.1. The molecule has 1 aliphatic heterocycles. The van der Waals surface area contributed by atoms with Gasteiger partial charge in [-0.2, -0.15) is 23.5 Å². The molecule has 94 valence electrons. The third-order valence-corrected chi connectivity index (χ3v) is 6.58. The average Bonchev–Trinajstić information content (AvgIpc) is 2.30. The lowest BCUT2D eigenvalue weighted by Gasteiger charge is -2.28. The quantitative estimate of drug-likeness (QED) is 0.832. The summed E-state index contributed by atoms with van der Waals surface area (Å²) in [5, 5.41) is 4.59. The summed E-state index contributed by atoms with van der Waals surface area (Å²) in [4.78, 5) is 0. The van der Waals surface area contributed by atoms with Crippen molar-refractivity contribution >= 4 is 23.5 Å². The molecule has 0 aromatic heterocycles. The third kappa shape index (κ3) is 4.50. The van der Waals surface area contributed by atoms with Crippen molar-refractivity contribution in [3.8, 4) is 0 Å². The molecule has 2 fully saturated rings. The summed E-state index contributed by atoms with van der Waals surface area (Å²) in [6.07, 6.45) is 5.84. The number of hydrogen-bond donors (Lipinski definition) is 1. The van der Waals surface area contributed by atoms with Crippen LogP contribution in [0.25, 0.3) is 0 Å². The van der Waals surface area contributed by atoms with E-state index < -0.39 is 0 Å². The van der Waals surface area contributed by atoms with E-state index in [4.69, 9.17) is 0 Å². The Labute approximate surface area is 109 Å². The molecule has 0 bridgehead atoms. The highest BCUT2D eigenvalue weighted by molar-refractivity contribution is 8.06. The number of hydrogen-bond acceptors (Lipinski definition) is 3. The van der Waals surface area contributed by atoms with Gasteiger partial charge in [-0.15, -0.1) is 0 Å². The Morgan fingerprint density at radius 1 is 1.19 bits per heavy atom. The molecule has 0 aromatic rings. The first-order valence-electron chi connectivity index (χ1n) is 6.74. The van der Waals surface area contributed by atoms with Crippen LogP contribution >= 0.6 is 23.5 Å². The predicted octanol–water partition coefficient (Wildman–Crippen LogP) is 3.25. The van der Waals surface area contributed by atoms with Crippen LogP contribution in [0.5, 0.6) is 0 Å². The van der Waals surface area contributed by atoms with Gasteiger partial charge >= 0.3 is 0 Å². The zero-order valence-electron chi connectivity index (χ0n) is 10.4. The molecule has 1 aliphatic carbocycles. The van der Waals surface area contributed by atoms with E-state index in [1.54, 1.807) is 0 Å². The first-order chi connectivity index (χ1) is 7.84. The minimum absolute atomic E-state index is 0.875. The van der Waals surface area contributed by atoms with Crippen LogP contribution in [-0.2, 0) is 0 Å². The Bertz CT molecular complexity index is 192. The molecule has 0 aromatic carbocycles. The summed E-state index contributed by atoms with van der Waals surface area (Å²) in [5.74, 6) is 6.02. The lowest BCUT2D eigenvalue weighted by molar-refractivity contribution is 0.275. The van der Waals surface area contributed by atoms with E-state index in [9.17, 15) is 0 Å². The van der Waals surface area contributed by atoms with Gasteiger partial charge in [0.25, 0.3) is 0 Å². The second kappa shape index (κ2) is 7.17. The number of nitrogens with one attached hydrogen (secondary N) is 1. The van der Waals surface area contributed by atoms with Crippen molar-refractivity contribution < 1.29 is 0 Å². The summed E-state index contributed by atoms with van der Waals surface area (Å²) >= 11 is 4.30. The van der Waals surface area contributed by atoms with Gasteiger partial charge in [0, 0.05) is 29.1 Å². The van der Waals surface area contributed by atoms with Crippen LogP contribution < -0.4 is 5.32 Å². The summed E-state index contributed by atoms with van der Waals surface area (Å²) in [5.41, 5.74) is 0. The lowest BCUT2D eigenvalue weighted by Crippen LogP contribution is -2.33. The molecular formula is C13H25NS2. The Balaban J connectivity index is 1.56. The molecule has 1 saturated carbocycles. The van der Waals surface area contributed by atoms with Gasteiger partial charge < -0.3 is 5.32 Å². The molecule has 0 amide bonds. The normalized spacial score (nSPS) is 36.2. The fourth-order valence-corrected chi connectivity index (χ4v) is 5.49. The van der Waals surface area contributed by atoms with Gasteiger partial charge in [-0.25, -0.2) is 0 Å². The first-order valence-corrected chi connectivity index (χ1v) is 8.95. The highest BCUT2D eigenvalue weighted by Crippen LogP contribution is 2.28. The van der Waals surface area contributed by atoms with Crippen molar-refractivity contribution in [3.63, 3.8) is 0 Å². The molecule has 3 unspecified atom stereocenters. The topological polar surface area (TPSA) is 12.0 Å². The maximum absolute atomic E-state index is 3.71. The van der Waals surface area contributed by atoms with Crippen LogP contribution in [0.2, 0.25) is 0 Å². The van der Waals surface area contributed by atoms with Crippen LogP contribution in [0.4, 0.5) is 0 Å². The second-order valence-corrected chi connectivity index (χ2v) is 7.92. The highest BCUT2D eigenvalue weighted by Gasteiger charge is 2.19. The van der Waals surface area contributed by atoms with E-state index in [1.807, 2.05) is 0 Å². The second-order valence-electron chi connectivity index (χ2n) is 5.36. The van der Waals surface area contributed by atoms with Gasteiger partial charge in [0.15, 0.2) is 0 Å². The zero-order valence-corrected chi connectivity index (χ0v) is 12.0. The van der Waals surface area contributed by atoms with Crippen molar-refractivity contribution in [1.29, 1.82) is 0 Å². The monoisotopic (exact) mass is 259 g/mol. The van der Waals surface area contributed by atoms with Gasteiger partial charge in [-0.05, 0) is 31.2 Å². The minimum Gasteiger partial charge on any atom is -0.315 e. The Morgan fingerprint density at radius 3 is 2.88 bits per heavy atom. The van der Waals surface area contributed by atoms with E-state index in [2.05, 4.69) is 35.8 Å². The third-order valence-electron chi connectivity index (χ3n) is 3.73. The van der Waals surface area contributed by atoms with Gasteiger partial charge in [0.1, 0.15) is 0 Å². The zero-order chi connectivity index (χ0) is 11.2.